The molecule has 1 aromatic heterocycles. The Kier molecular flexibility index (Phi) is 3.57. The zero-order valence-electron chi connectivity index (χ0n) is 11.9. The van der Waals surface area contributed by atoms with Crippen molar-refractivity contribution in [1.82, 2.24) is 0 Å². The summed E-state index contributed by atoms with van der Waals surface area (Å²) in [4.78, 5) is 23.1. The number of phenols is 2. The molecule has 4 N–H and O–H groups in total. The van der Waals surface area contributed by atoms with Gasteiger partial charge in [-0.1, -0.05) is 0 Å². The van der Waals surface area contributed by atoms with Crippen LogP contribution in [0.5, 0.6) is 11.5 Å². The van der Waals surface area contributed by atoms with E-state index < -0.39 is 29.4 Å². The lowest BCUT2D eigenvalue weighted by Crippen LogP contribution is -2.18. The molecule has 3 aromatic rings. The van der Waals surface area contributed by atoms with Gasteiger partial charge in [0.1, 0.15) is 22.7 Å². The van der Waals surface area contributed by atoms with Crippen LogP contribution in [0.3, 0.4) is 0 Å². The molecule has 7 nitrogen and oxygen atoms in total. The van der Waals surface area contributed by atoms with Crippen LogP contribution in [0.1, 0.15) is 10.4 Å². The molecule has 8 heteroatoms. The van der Waals surface area contributed by atoms with Crippen LogP contribution in [-0.4, -0.2) is 22.3 Å². The number of phenolic OH excluding ortho intramolecular Hbond substituents is 2. The molecule has 0 spiro atoms. The molecule has 0 aliphatic rings. The second-order valence-electron chi connectivity index (χ2n) is 4.86. The van der Waals surface area contributed by atoms with Crippen molar-refractivity contribution < 1.29 is 33.3 Å². The number of benzene rings is 2. The smallest absolute Gasteiger partial charge is 0.412 e. The lowest BCUT2D eigenvalue weighted by molar-refractivity contribution is 0.0640. The number of fused-ring (bicyclic) bond motifs is 1. The van der Waals surface area contributed by atoms with Gasteiger partial charge in [-0.2, -0.15) is 0 Å². The van der Waals surface area contributed by atoms with Gasteiger partial charge in [0.2, 0.25) is 0 Å². The van der Waals surface area contributed by atoms with Gasteiger partial charge >= 0.3 is 12.1 Å². The van der Waals surface area contributed by atoms with Crippen LogP contribution in [0, 0.1) is 5.82 Å². The van der Waals surface area contributed by atoms with Gasteiger partial charge in [-0.3, -0.25) is 0 Å². The normalized spacial score (nSPS) is 10.7. The Balaban J connectivity index is 2.28. The predicted molar refractivity (Wildman–Crippen MR) is 79.9 cm³/mol. The van der Waals surface area contributed by atoms with Crippen molar-refractivity contribution in [2.45, 2.75) is 0 Å². The molecule has 0 saturated carbocycles. The number of primary amides is 1. The SMILES string of the molecule is NC(=O)OC(=O)c1c(-c2ccc(F)cc2)oc2cc(O)c(O)cc12. The Bertz CT molecular complexity index is 961. The summed E-state index contributed by atoms with van der Waals surface area (Å²) in [5, 5.41) is 19.3. The number of hydrogen-bond acceptors (Lipinski definition) is 6. The van der Waals surface area contributed by atoms with E-state index in [0.29, 0.717) is 5.56 Å². The molecule has 0 aliphatic heterocycles. The molecule has 0 aliphatic carbocycles. The Morgan fingerprint density at radius 3 is 2.33 bits per heavy atom. The van der Waals surface area contributed by atoms with Crippen LogP contribution in [-0.2, 0) is 4.74 Å². The fourth-order valence-corrected chi connectivity index (χ4v) is 2.27. The maximum absolute atomic E-state index is 13.1. The number of aromatic hydroxyl groups is 2. The Morgan fingerprint density at radius 1 is 1.08 bits per heavy atom. The third-order valence-corrected chi connectivity index (χ3v) is 3.29. The summed E-state index contributed by atoms with van der Waals surface area (Å²) in [6.07, 6.45) is -1.32. The molecule has 122 valence electrons. The van der Waals surface area contributed by atoms with Gasteiger partial charge in [-0.25, -0.2) is 14.0 Å². The standard InChI is InChI=1S/C16H10FNO6/c17-8-3-1-7(2-4-8)14-13(15(21)24-16(18)22)9-5-10(19)11(20)6-12(9)23-14/h1-6,19-20H,(H2,18,22). The Labute approximate surface area is 133 Å². The molecular formula is C16H10FNO6. The number of rotatable bonds is 2. The largest absolute Gasteiger partial charge is 0.504 e. The number of carbonyl (C=O) groups is 2. The number of carbonyl (C=O) groups excluding carboxylic acids is 2. The fraction of sp³-hybridized carbons (Fsp3) is 0. The highest BCUT2D eigenvalue weighted by Gasteiger charge is 2.26. The van der Waals surface area contributed by atoms with Gasteiger partial charge in [-0.15, -0.1) is 0 Å². The van der Waals surface area contributed by atoms with E-state index in [2.05, 4.69) is 4.74 Å². The first kappa shape index (κ1) is 15.3. The van der Waals surface area contributed by atoms with Crippen molar-refractivity contribution in [3.63, 3.8) is 0 Å². The molecule has 24 heavy (non-hydrogen) atoms. The molecule has 0 saturated heterocycles. The van der Waals surface area contributed by atoms with E-state index in [4.69, 9.17) is 10.2 Å². The van der Waals surface area contributed by atoms with Crippen molar-refractivity contribution in [3.05, 3.63) is 47.8 Å². The van der Waals surface area contributed by atoms with Crippen LogP contribution in [0.2, 0.25) is 0 Å². The van der Waals surface area contributed by atoms with E-state index in [1.807, 2.05) is 0 Å². The van der Waals surface area contributed by atoms with Gasteiger partial charge < -0.3 is 25.1 Å². The van der Waals surface area contributed by atoms with Crippen molar-refractivity contribution in [2.24, 2.45) is 5.73 Å². The van der Waals surface area contributed by atoms with Gasteiger partial charge in [0.25, 0.3) is 0 Å². The third-order valence-electron chi connectivity index (χ3n) is 3.29. The van der Waals surface area contributed by atoms with Crippen LogP contribution < -0.4 is 5.73 Å². The zero-order chi connectivity index (χ0) is 17.4. The second-order valence-corrected chi connectivity index (χ2v) is 4.86. The first-order chi connectivity index (χ1) is 11.4. The lowest BCUT2D eigenvalue weighted by Gasteiger charge is -2.02. The number of amides is 1. The highest BCUT2D eigenvalue weighted by atomic mass is 19.1. The molecule has 0 atom stereocenters. The van der Waals surface area contributed by atoms with Crippen molar-refractivity contribution in [1.29, 1.82) is 0 Å². The van der Waals surface area contributed by atoms with Crippen molar-refractivity contribution >= 4 is 23.0 Å². The minimum absolute atomic E-state index is 0.0266. The maximum Gasteiger partial charge on any atom is 0.412 e. The fourth-order valence-electron chi connectivity index (χ4n) is 2.27. The Hall–Kier alpha value is -3.55. The molecule has 0 radical (unpaired) electrons. The topological polar surface area (TPSA) is 123 Å². The van der Waals surface area contributed by atoms with Crippen LogP contribution in [0.25, 0.3) is 22.3 Å². The highest BCUT2D eigenvalue weighted by molar-refractivity contribution is 6.11. The Morgan fingerprint density at radius 2 is 1.71 bits per heavy atom. The number of halogens is 1. The first-order valence-corrected chi connectivity index (χ1v) is 6.63. The molecule has 3 rings (SSSR count). The quantitative estimate of drug-likeness (QED) is 0.377. The third kappa shape index (κ3) is 2.60. The average molecular weight is 331 g/mol. The molecular weight excluding hydrogens is 321 g/mol. The number of esters is 1. The second kappa shape index (κ2) is 5.58. The zero-order valence-corrected chi connectivity index (χ0v) is 11.9. The summed E-state index contributed by atoms with van der Waals surface area (Å²) in [7, 11) is 0. The van der Waals surface area contributed by atoms with E-state index in [9.17, 15) is 24.2 Å². The van der Waals surface area contributed by atoms with Crippen LogP contribution in [0.15, 0.2) is 40.8 Å². The van der Waals surface area contributed by atoms with Gasteiger partial charge in [-0.05, 0) is 30.3 Å². The number of furan rings is 1. The van der Waals surface area contributed by atoms with Gasteiger partial charge in [0.05, 0.1) is 0 Å². The minimum atomic E-state index is -1.32. The van der Waals surface area contributed by atoms with E-state index in [1.54, 1.807) is 0 Å². The first-order valence-electron chi connectivity index (χ1n) is 6.63. The molecule has 1 amide bonds. The molecule has 0 unspecified atom stereocenters. The van der Waals surface area contributed by atoms with Gasteiger partial charge in [0, 0.05) is 17.0 Å². The molecule has 0 fully saturated rings. The summed E-state index contributed by atoms with van der Waals surface area (Å²) in [5.41, 5.74) is 5.04. The van der Waals surface area contributed by atoms with Crippen molar-refractivity contribution in [3.8, 4) is 22.8 Å². The highest BCUT2D eigenvalue weighted by Crippen LogP contribution is 2.39. The average Bonchev–Trinajstić information content (AvgIpc) is 2.86. The lowest BCUT2D eigenvalue weighted by atomic mass is 10.1. The van der Waals surface area contributed by atoms with Crippen LogP contribution in [0.4, 0.5) is 9.18 Å². The molecule has 1 heterocycles. The monoisotopic (exact) mass is 331 g/mol. The summed E-state index contributed by atoms with van der Waals surface area (Å²) in [6.45, 7) is 0. The van der Waals surface area contributed by atoms with E-state index in [-0.39, 0.29) is 22.3 Å². The molecule has 2 aromatic carbocycles. The van der Waals surface area contributed by atoms with E-state index >= 15 is 0 Å². The summed E-state index contributed by atoms with van der Waals surface area (Å²) >= 11 is 0. The van der Waals surface area contributed by atoms with Gasteiger partial charge in [0.15, 0.2) is 11.5 Å². The van der Waals surface area contributed by atoms with Crippen LogP contribution >= 0.6 is 0 Å². The number of nitrogens with two attached hydrogens (primary N) is 1. The minimum Gasteiger partial charge on any atom is -0.504 e. The summed E-state index contributed by atoms with van der Waals surface area (Å²) in [6, 6.07) is 7.19. The number of hydrogen-bond donors (Lipinski definition) is 3. The predicted octanol–water partition coefficient (Wildman–Crippen LogP) is 2.89. The maximum atomic E-state index is 13.1. The summed E-state index contributed by atoms with van der Waals surface area (Å²) in [5.74, 6) is -2.59. The number of ether oxygens (including phenoxy) is 1. The summed E-state index contributed by atoms with van der Waals surface area (Å²) < 4.78 is 23.0. The van der Waals surface area contributed by atoms with Crippen molar-refractivity contribution in [2.75, 3.05) is 0 Å². The van der Waals surface area contributed by atoms with E-state index in [1.165, 1.54) is 12.1 Å². The molecule has 0 bridgehead atoms. The van der Waals surface area contributed by atoms with E-state index in [0.717, 1.165) is 24.3 Å².